The topological polar surface area (TPSA) is 50.2 Å². The molecule has 19 heavy (non-hydrogen) atoms. The summed E-state index contributed by atoms with van der Waals surface area (Å²) in [5.41, 5.74) is 1.06. The van der Waals surface area contributed by atoms with E-state index in [2.05, 4.69) is 20.9 Å². The number of nitrogens with zero attached hydrogens (tertiary/aromatic N) is 1. The van der Waals surface area contributed by atoms with Gasteiger partial charge in [-0.25, -0.2) is 14.2 Å². The summed E-state index contributed by atoms with van der Waals surface area (Å²) in [5, 5.41) is 9.49. The molecule has 1 N–H and O–H groups in total. The largest absolute Gasteiger partial charge is 0.478 e. The van der Waals surface area contributed by atoms with Crippen LogP contribution in [0.1, 0.15) is 15.9 Å². The molecule has 6 heteroatoms. The van der Waals surface area contributed by atoms with Gasteiger partial charge in [-0.2, -0.15) is 0 Å². The third-order valence-electron chi connectivity index (χ3n) is 2.36. The predicted molar refractivity (Wildman–Crippen MR) is 74.9 cm³/mol. The smallest absolute Gasteiger partial charge is 0.338 e. The molecule has 1 heterocycles. The zero-order valence-electron chi connectivity index (χ0n) is 9.64. The minimum atomic E-state index is -1.00. The van der Waals surface area contributed by atoms with Crippen molar-refractivity contribution in [2.45, 2.75) is 10.8 Å². The molecule has 2 aromatic rings. The zero-order valence-corrected chi connectivity index (χ0v) is 12.0. The number of hydrogen-bond donors (Lipinski definition) is 1. The summed E-state index contributed by atoms with van der Waals surface area (Å²) >= 11 is 4.42. The number of carboxylic acid groups (broad SMARTS) is 1. The number of thioether (sulfide) groups is 1. The van der Waals surface area contributed by atoms with Crippen molar-refractivity contribution >= 4 is 33.7 Å². The molecule has 1 aromatic carbocycles. The number of aromatic nitrogens is 1. The van der Waals surface area contributed by atoms with E-state index in [0.29, 0.717) is 15.3 Å². The van der Waals surface area contributed by atoms with Crippen molar-refractivity contribution < 1.29 is 14.3 Å². The van der Waals surface area contributed by atoms with Gasteiger partial charge in [-0.05, 0) is 45.8 Å². The van der Waals surface area contributed by atoms with E-state index in [9.17, 15) is 9.18 Å². The number of pyridine rings is 1. The second kappa shape index (κ2) is 6.16. The molecule has 1 aromatic heterocycles. The Hall–Kier alpha value is -1.40. The van der Waals surface area contributed by atoms with Crippen molar-refractivity contribution in [3.63, 3.8) is 0 Å². The van der Waals surface area contributed by atoms with E-state index >= 15 is 0 Å². The van der Waals surface area contributed by atoms with Gasteiger partial charge in [0.1, 0.15) is 10.8 Å². The van der Waals surface area contributed by atoms with Crippen LogP contribution < -0.4 is 0 Å². The minimum Gasteiger partial charge on any atom is -0.478 e. The summed E-state index contributed by atoms with van der Waals surface area (Å²) < 4.78 is 13.5. The van der Waals surface area contributed by atoms with Crippen LogP contribution in [0.5, 0.6) is 0 Å². The molecule has 0 radical (unpaired) electrons. The Kier molecular flexibility index (Phi) is 4.55. The SMILES string of the molecule is O=C(O)c1cccnc1SCc1ccc(F)c(Br)c1. The van der Waals surface area contributed by atoms with E-state index < -0.39 is 5.97 Å². The Morgan fingerprint density at radius 2 is 2.21 bits per heavy atom. The molecular weight excluding hydrogens is 333 g/mol. The fraction of sp³-hybridized carbons (Fsp3) is 0.0769. The van der Waals surface area contributed by atoms with E-state index in [-0.39, 0.29) is 11.4 Å². The molecule has 0 aliphatic rings. The molecule has 0 amide bonds. The maximum atomic E-state index is 13.1. The maximum Gasteiger partial charge on any atom is 0.338 e. The van der Waals surface area contributed by atoms with Gasteiger partial charge in [0.2, 0.25) is 0 Å². The van der Waals surface area contributed by atoms with Crippen LogP contribution in [-0.2, 0) is 5.75 Å². The molecule has 0 fully saturated rings. The molecule has 0 saturated carbocycles. The highest BCUT2D eigenvalue weighted by Crippen LogP contribution is 2.26. The highest BCUT2D eigenvalue weighted by atomic mass is 79.9. The average molecular weight is 342 g/mol. The summed E-state index contributed by atoms with van der Waals surface area (Å²) in [6.45, 7) is 0. The van der Waals surface area contributed by atoms with E-state index in [1.54, 1.807) is 24.4 Å². The van der Waals surface area contributed by atoms with Crippen LogP contribution in [0.25, 0.3) is 0 Å². The second-order valence-corrected chi connectivity index (χ2v) is 5.52. The normalized spacial score (nSPS) is 10.4. The summed E-state index contributed by atoms with van der Waals surface area (Å²) in [4.78, 5) is 15.1. The van der Waals surface area contributed by atoms with E-state index in [0.717, 1.165) is 5.56 Å². The van der Waals surface area contributed by atoms with Crippen molar-refractivity contribution in [1.82, 2.24) is 4.98 Å². The Bertz CT molecular complexity index is 621. The molecule has 0 aliphatic carbocycles. The molecular formula is C13H9BrFNO2S. The van der Waals surface area contributed by atoms with Crippen LogP contribution >= 0.6 is 27.7 Å². The quantitative estimate of drug-likeness (QED) is 0.854. The molecule has 0 atom stereocenters. The number of carboxylic acids is 1. The van der Waals surface area contributed by atoms with Gasteiger partial charge in [-0.1, -0.05) is 6.07 Å². The number of rotatable bonds is 4. The number of benzene rings is 1. The maximum absolute atomic E-state index is 13.1. The van der Waals surface area contributed by atoms with Gasteiger partial charge in [0.15, 0.2) is 0 Å². The Morgan fingerprint density at radius 3 is 2.89 bits per heavy atom. The number of hydrogen-bond acceptors (Lipinski definition) is 3. The van der Waals surface area contributed by atoms with Crippen molar-refractivity contribution in [1.29, 1.82) is 0 Å². The van der Waals surface area contributed by atoms with Gasteiger partial charge < -0.3 is 5.11 Å². The van der Waals surface area contributed by atoms with Crippen LogP contribution in [-0.4, -0.2) is 16.1 Å². The van der Waals surface area contributed by atoms with Crippen LogP contribution in [0, 0.1) is 5.82 Å². The fourth-order valence-corrected chi connectivity index (χ4v) is 2.81. The third kappa shape index (κ3) is 3.54. The Labute approximate surface area is 122 Å². The Balaban J connectivity index is 2.14. The fourth-order valence-electron chi connectivity index (χ4n) is 1.45. The molecule has 0 unspecified atom stereocenters. The molecule has 0 saturated heterocycles. The van der Waals surface area contributed by atoms with E-state index in [4.69, 9.17) is 5.11 Å². The van der Waals surface area contributed by atoms with Gasteiger partial charge in [0, 0.05) is 11.9 Å². The standard InChI is InChI=1S/C13H9BrFNO2S/c14-10-6-8(3-4-11(10)15)7-19-12-9(13(17)18)2-1-5-16-12/h1-6H,7H2,(H,17,18). The zero-order chi connectivity index (χ0) is 13.8. The summed E-state index contributed by atoms with van der Waals surface area (Å²) in [6, 6.07) is 7.80. The molecule has 2 rings (SSSR count). The minimum absolute atomic E-state index is 0.175. The molecule has 0 spiro atoms. The first-order valence-electron chi connectivity index (χ1n) is 5.33. The van der Waals surface area contributed by atoms with Crippen molar-refractivity contribution in [3.8, 4) is 0 Å². The monoisotopic (exact) mass is 341 g/mol. The number of halogens is 2. The van der Waals surface area contributed by atoms with Crippen molar-refractivity contribution in [2.24, 2.45) is 0 Å². The third-order valence-corrected chi connectivity index (χ3v) is 4.05. The van der Waals surface area contributed by atoms with Crippen LogP contribution in [0.2, 0.25) is 0 Å². The van der Waals surface area contributed by atoms with Gasteiger partial charge in [0.25, 0.3) is 0 Å². The Morgan fingerprint density at radius 1 is 1.42 bits per heavy atom. The number of carbonyl (C=O) groups is 1. The van der Waals surface area contributed by atoms with E-state index in [1.807, 2.05) is 0 Å². The van der Waals surface area contributed by atoms with E-state index in [1.165, 1.54) is 23.9 Å². The first-order chi connectivity index (χ1) is 9.08. The van der Waals surface area contributed by atoms with Gasteiger partial charge >= 0.3 is 5.97 Å². The van der Waals surface area contributed by atoms with Crippen LogP contribution in [0.15, 0.2) is 46.0 Å². The first-order valence-corrected chi connectivity index (χ1v) is 7.11. The summed E-state index contributed by atoms with van der Waals surface area (Å²) in [5.74, 6) is -0.801. The lowest BCUT2D eigenvalue weighted by Gasteiger charge is -2.05. The highest BCUT2D eigenvalue weighted by Gasteiger charge is 2.11. The van der Waals surface area contributed by atoms with Gasteiger partial charge in [-0.3, -0.25) is 0 Å². The molecule has 3 nitrogen and oxygen atoms in total. The van der Waals surface area contributed by atoms with Crippen LogP contribution in [0.4, 0.5) is 4.39 Å². The summed E-state index contributed by atoms with van der Waals surface area (Å²) in [6.07, 6.45) is 1.55. The van der Waals surface area contributed by atoms with Gasteiger partial charge in [0.05, 0.1) is 10.0 Å². The lowest BCUT2D eigenvalue weighted by atomic mass is 10.2. The van der Waals surface area contributed by atoms with Crippen molar-refractivity contribution in [2.75, 3.05) is 0 Å². The lowest BCUT2D eigenvalue weighted by molar-refractivity contribution is 0.0692. The highest BCUT2D eigenvalue weighted by molar-refractivity contribution is 9.10. The van der Waals surface area contributed by atoms with Gasteiger partial charge in [-0.15, -0.1) is 11.8 Å². The molecule has 0 bridgehead atoms. The molecule has 0 aliphatic heterocycles. The predicted octanol–water partition coefficient (Wildman–Crippen LogP) is 3.97. The average Bonchev–Trinajstić information content (AvgIpc) is 2.40. The lowest BCUT2D eigenvalue weighted by Crippen LogP contribution is -2.00. The summed E-state index contributed by atoms with van der Waals surface area (Å²) in [7, 11) is 0. The van der Waals surface area contributed by atoms with Crippen molar-refractivity contribution in [3.05, 3.63) is 57.9 Å². The van der Waals surface area contributed by atoms with Crippen LogP contribution in [0.3, 0.4) is 0 Å². The molecule has 98 valence electrons. The second-order valence-electron chi connectivity index (χ2n) is 3.70. The first kappa shape index (κ1) is 14.0. The number of aromatic carboxylic acids is 1.